The highest BCUT2D eigenvalue weighted by Crippen LogP contribution is 2.38. The summed E-state index contributed by atoms with van der Waals surface area (Å²) in [5.41, 5.74) is 11.9. The summed E-state index contributed by atoms with van der Waals surface area (Å²) in [5.74, 6) is 0.328. The first kappa shape index (κ1) is 12.4. The van der Waals surface area contributed by atoms with E-state index in [1.165, 1.54) is 0 Å². The van der Waals surface area contributed by atoms with E-state index in [4.69, 9.17) is 10.3 Å². The van der Waals surface area contributed by atoms with Crippen molar-refractivity contribution in [1.29, 1.82) is 0 Å². The molecule has 4 heteroatoms. The van der Waals surface area contributed by atoms with Crippen molar-refractivity contribution in [2.45, 2.75) is 13.8 Å². The van der Waals surface area contributed by atoms with Crippen LogP contribution in [0.4, 0.5) is 5.88 Å². The molecule has 2 heterocycles. The molecule has 1 aromatic carbocycles. The van der Waals surface area contributed by atoms with Gasteiger partial charge in [-0.2, -0.15) is 0 Å². The number of aryl methyl sites for hydroxylation is 2. The Labute approximate surface area is 117 Å². The Balaban J connectivity index is 2.27. The van der Waals surface area contributed by atoms with Crippen LogP contribution in [-0.4, -0.2) is 10.1 Å². The smallest absolute Gasteiger partial charge is 0.230 e. The third-order valence-electron chi connectivity index (χ3n) is 3.41. The molecule has 0 bridgehead atoms. The largest absolute Gasteiger partial charge is 0.367 e. The van der Waals surface area contributed by atoms with E-state index in [9.17, 15) is 0 Å². The van der Waals surface area contributed by atoms with Gasteiger partial charge in [-0.05, 0) is 42.7 Å². The van der Waals surface area contributed by atoms with Crippen LogP contribution in [0.1, 0.15) is 11.1 Å². The summed E-state index contributed by atoms with van der Waals surface area (Å²) in [6.07, 6.45) is 3.46. The molecule has 0 radical (unpaired) electrons. The Morgan fingerprint density at radius 1 is 0.950 bits per heavy atom. The van der Waals surface area contributed by atoms with E-state index in [0.29, 0.717) is 5.88 Å². The molecular formula is C16H15N3O. The zero-order valence-corrected chi connectivity index (χ0v) is 11.4. The van der Waals surface area contributed by atoms with Gasteiger partial charge in [0.25, 0.3) is 0 Å². The van der Waals surface area contributed by atoms with Crippen LogP contribution in [0.3, 0.4) is 0 Å². The monoisotopic (exact) mass is 265 g/mol. The fourth-order valence-electron chi connectivity index (χ4n) is 2.46. The van der Waals surface area contributed by atoms with Gasteiger partial charge in [-0.15, -0.1) is 0 Å². The van der Waals surface area contributed by atoms with Crippen molar-refractivity contribution in [2.24, 2.45) is 0 Å². The first-order chi connectivity index (χ1) is 9.68. The van der Waals surface area contributed by atoms with Crippen LogP contribution in [0.25, 0.3) is 22.4 Å². The maximum Gasteiger partial charge on any atom is 0.230 e. The SMILES string of the molecule is Cc1cccc(C)c1-c1noc(N)c1-c1ccncc1. The number of nitrogen functional groups attached to an aromatic ring is 1. The lowest BCUT2D eigenvalue weighted by Gasteiger charge is -2.08. The molecule has 100 valence electrons. The first-order valence-electron chi connectivity index (χ1n) is 6.40. The van der Waals surface area contributed by atoms with E-state index in [-0.39, 0.29) is 0 Å². The zero-order chi connectivity index (χ0) is 14.1. The van der Waals surface area contributed by atoms with Crippen LogP contribution in [0, 0.1) is 13.8 Å². The van der Waals surface area contributed by atoms with Crippen LogP contribution >= 0.6 is 0 Å². The topological polar surface area (TPSA) is 64.9 Å². The number of hydrogen-bond donors (Lipinski definition) is 1. The number of anilines is 1. The van der Waals surface area contributed by atoms with Crippen LogP contribution in [-0.2, 0) is 0 Å². The minimum absolute atomic E-state index is 0.328. The van der Waals surface area contributed by atoms with Gasteiger partial charge >= 0.3 is 0 Å². The minimum atomic E-state index is 0.328. The standard InChI is InChI=1S/C16H15N3O/c1-10-4-3-5-11(2)13(10)15-14(16(17)20-19-15)12-6-8-18-9-7-12/h3-9H,17H2,1-2H3. The normalized spacial score (nSPS) is 10.7. The second-order valence-electron chi connectivity index (χ2n) is 4.77. The fraction of sp³-hybridized carbons (Fsp3) is 0.125. The van der Waals surface area contributed by atoms with Gasteiger partial charge in [-0.25, -0.2) is 0 Å². The molecule has 0 saturated heterocycles. The highest BCUT2D eigenvalue weighted by atomic mass is 16.5. The van der Waals surface area contributed by atoms with E-state index >= 15 is 0 Å². The van der Waals surface area contributed by atoms with Gasteiger partial charge in [0.05, 0.1) is 5.56 Å². The number of hydrogen-bond acceptors (Lipinski definition) is 4. The minimum Gasteiger partial charge on any atom is -0.367 e. The molecule has 0 amide bonds. The van der Waals surface area contributed by atoms with E-state index < -0.39 is 0 Å². The van der Waals surface area contributed by atoms with Gasteiger partial charge in [-0.3, -0.25) is 4.98 Å². The average molecular weight is 265 g/mol. The molecule has 0 fully saturated rings. The maximum atomic E-state index is 5.96. The van der Waals surface area contributed by atoms with Crippen molar-refractivity contribution < 1.29 is 4.52 Å². The number of rotatable bonds is 2. The summed E-state index contributed by atoms with van der Waals surface area (Å²) >= 11 is 0. The second kappa shape index (κ2) is 4.81. The number of pyridine rings is 1. The van der Waals surface area contributed by atoms with E-state index in [1.54, 1.807) is 12.4 Å². The van der Waals surface area contributed by atoms with Gasteiger partial charge in [0.15, 0.2) is 0 Å². The molecule has 0 saturated carbocycles. The summed E-state index contributed by atoms with van der Waals surface area (Å²) < 4.78 is 5.22. The Bertz CT molecular complexity index is 727. The van der Waals surface area contributed by atoms with Crippen LogP contribution < -0.4 is 5.73 Å². The highest BCUT2D eigenvalue weighted by Gasteiger charge is 2.19. The van der Waals surface area contributed by atoms with Crippen molar-refractivity contribution in [2.75, 3.05) is 5.73 Å². The molecule has 20 heavy (non-hydrogen) atoms. The third kappa shape index (κ3) is 1.95. The molecule has 2 aromatic heterocycles. The molecule has 0 unspecified atom stereocenters. The Hall–Kier alpha value is -2.62. The highest BCUT2D eigenvalue weighted by molar-refractivity contribution is 5.88. The van der Waals surface area contributed by atoms with Crippen LogP contribution in [0.5, 0.6) is 0 Å². The van der Waals surface area contributed by atoms with Crippen molar-refractivity contribution >= 4 is 5.88 Å². The number of nitrogens with two attached hydrogens (primary N) is 1. The van der Waals surface area contributed by atoms with Gasteiger partial charge in [0, 0.05) is 18.0 Å². The Morgan fingerprint density at radius 2 is 1.60 bits per heavy atom. The molecule has 0 atom stereocenters. The number of aromatic nitrogens is 2. The van der Waals surface area contributed by atoms with Crippen LogP contribution in [0.15, 0.2) is 47.2 Å². The number of benzene rings is 1. The lowest BCUT2D eigenvalue weighted by atomic mass is 9.95. The second-order valence-corrected chi connectivity index (χ2v) is 4.77. The summed E-state index contributed by atoms with van der Waals surface area (Å²) in [5, 5.41) is 4.16. The lowest BCUT2D eigenvalue weighted by molar-refractivity contribution is 0.439. The fourth-order valence-corrected chi connectivity index (χ4v) is 2.46. The molecule has 0 aliphatic rings. The van der Waals surface area contributed by atoms with Crippen molar-refractivity contribution in [3.05, 3.63) is 53.9 Å². The van der Waals surface area contributed by atoms with E-state index in [2.05, 4.69) is 36.1 Å². The Kier molecular flexibility index (Phi) is 2.99. The van der Waals surface area contributed by atoms with Gasteiger partial charge in [0.2, 0.25) is 5.88 Å². The van der Waals surface area contributed by atoms with Crippen molar-refractivity contribution in [1.82, 2.24) is 10.1 Å². The summed E-state index contributed by atoms with van der Waals surface area (Å²) in [7, 11) is 0. The quantitative estimate of drug-likeness (QED) is 0.768. The summed E-state index contributed by atoms with van der Waals surface area (Å²) in [6, 6.07) is 9.96. The summed E-state index contributed by atoms with van der Waals surface area (Å²) in [4.78, 5) is 4.03. The zero-order valence-electron chi connectivity index (χ0n) is 11.4. The summed E-state index contributed by atoms with van der Waals surface area (Å²) in [6.45, 7) is 4.12. The first-order valence-corrected chi connectivity index (χ1v) is 6.40. The molecule has 3 aromatic rings. The van der Waals surface area contributed by atoms with E-state index in [0.717, 1.165) is 33.5 Å². The van der Waals surface area contributed by atoms with Crippen molar-refractivity contribution in [3.63, 3.8) is 0 Å². The van der Waals surface area contributed by atoms with Gasteiger partial charge in [0.1, 0.15) is 5.69 Å². The molecule has 4 nitrogen and oxygen atoms in total. The molecule has 0 spiro atoms. The van der Waals surface area contributed by atoms with Gasteiger partial charge < -0.3 is 10.3 Å². The predicted octanol–water partition coefficient (Wildman–Crippen LogP) is 3.60. The Morgan fingerprint density at radius 3 is 2.25 bits per heavy atom. The maximum absolute atomic E-state index is 5.96. The lowest BCUT2D eigenvalue weighted by Crippen LogP contribution is -1.92. The number of nitrogens with zero attached hydrogens (tertiary/aromatic N) is 2. The third-order valence-corrected chi connectivity index (χ3v) is 3.41. The molecule has 3 rings (SSSR count). The molecule has 0 aliphatic carbocycles. The molecule has 2 N–H and O–H groups in total. The molecule has 0 aliphatic heterocycles. The van der Waals surface area contributed by atoms with Gasteiger partial charge in [-0.1, -0.05) is 23.4 Å². The molecular weight excluding hydrogens is 250 g/mol. The van der Waals surface area contributed by atoms with Crippen molar-refractivity contribution in [3.8, 4) is 22.4 Å². The van der Waals surface area contributed by atoms with E-state index in [1.807, 2.05) is 18.2 Å². The predicted molar refractivity (Wildman–Crippen MR) is 79.1 cm³/mol. The van der Waals surface area contributed by atoms with Crippen LogP contribution in [0.2, 0.25) is 0 Å². The average Bonchev–Trinajstić information content (AvgIpc) is 2.81.